The number of carboxylic acids is 1. The van der Waals surface area contributed by atoms with Crippen LogP contribution in [-0.2, 0) is 14.6 Å². The molecule has 21 heavy (non-hydrogen) atoms. The Morgan fingerprint density at radius 1 is 1.38 bits per heavy atom. The van der Waals surface area contributed by atoms with E-state index in [0.717, 1.165) is 4.47 Å². The minimum Gasteiger partial charge on any atom is -0.481 e. The zero-order valence-electron chi connectivity index (χ0n) is 11.0. The minimum atomic E-state index is -3.30. The first-order valence-corrected chi connectivity index (χ1v) is 8.89. The monoisotopic (exact) mass is 375 g/mol. The molecule has 1 saturated heterocycles. The van der Waals surface area contributed by atoms with Crippen LogP contribution < -0.4 is 0 Å². The highest BCUT2D eigenvalue weighted by Gasteiger charge is 2.35. The van der Waals surface area contributed by atoms with E-state index < -0.39 is 21.8 Å². The lowest BCUT2D eigenvalue weighted by Gasteiger charge is -2.34. The Hall–Kier alpha value is -1.41. The maximum atomic E-state index is 12.5. The van der Waals surface area contributed by atoms with E-state index in [1.807, 2.05) is 0 Å². The van der Waals surface area contributed by atoms with Crippen LogP contribution >= 0.6 is 15.9 Å². The van der Waals surface area contributed by atoms with E-state index in [9.17, 15) is 18.0 Å². The summed E-state index contributed by atoms with van der Waals surface area (Å²) in [6, 6.07) is 5.89. The third-order valence-electron chi connectivity index (χ3n) is 3.27. The number of halogens is 1. The maximum absolute atomic E-state index is 12.5. The summed E-state index contributed by atoms with van der Waals surface area (Å²) in [6.07, 6.45) is -0.376. The molecule has 1 aliphatic heterocycles. The van der Waals surface area contributed by atoms with Crippen LogP contribution in [0.4, 0.5) is 0 Å². The number of nitrogens with zero attached hydrogens (tertiary/aromatic N) is 1. The number of carbonyl (C=O) groups excluding carboxylic acids is 1. The van der Waals surface area contributed by atoms with E-state index >= 15 is 0 Å². The van der Waals surface area contributed by atoms with Gasteiger partial charge in [-0.05, 0) is 18.2 Å². The molecule has 1 aromatic rings. The Bertz CT molecular complexity index is 673. The van der Waals surface area contributed by atoms with Gasteiger partial charge in [0.15, 0.2) is 9.84 Å². The molecule has 0 spiro atoms. The number of aliphatic carboxylic acids is 1. The molecule has 1 fully saturated rings. The second kappa shape index (κ2) is 6.15. The fraction of sp³-hybridized carbons (Fsp3) is 0.385. The summed E-state index contributed by atoms with van der Waals surface area (Å²) in [5.74, 6) is -1.91. The molecular formula is C13H14BrNO5S. The lowest BCUT2D eigenvalue weighted by atomic mass is 10.1. The fourth-order valence-corrected chi connectivity index (χ4v) is 4.24. The van der Waals surface area contributed by atoms with E-state index in [4.69, 9.17) is 5.11 Å². The molecule has 2 rings (SSSR count). The molecule has 1 heterocycles. The van der Waals surface area contributed by atoms with Gasteiger partial charge in [0, 0.05) is 16.6 Å². The van der Waals surface area contributed by atoms with E-state index in [0.29, 0.717) is 5.56 Å². The van der Waals surface area contributed by atoms with Crippen LogP contribution in [0.5, 0.6) is 0 Å². The van der Waals surface area contributed by atoms with E-state index in [1.54, 1.807) is 24.3 Å². The molecule has 1 amide bonds. The minimum absolute atomic E-state index is 0.0195. The van der Waals surface area contributed by atoms with Crippen molar-refractivity contribution in [3.05, 3.63) is 34.3 Å². The van der Waals surface area contributed by atoms with E-state index in [2.05, 4.69) is 15.9 Å². The molecule has 0 radical (unpaired) electrons. The van der Waals surface area contributed by atoms with Crippen molar-refractivity contribution in [1.82, 2.24) is 4.90 Å². The smallest absolute Gasteiger partial charge is 0.305 e. The Morgan fingerprint density at radius 2 is 2.10 bits per heavy atom. The largest absolute Gasteiger partial charge is 0.481 e. The summed E-state index contributed by atoms with van der Waals surface area (Å²) in [6.45, 7) is 0.0195. The Labute approximate surface area is 130 Å². The van der Waals surface area contributed by atoms with E-state index in [-0.39, 0.29) is 30.4 Å². The topological polar surface area (TPSA) is 91.8 Å². The van der Waals surface area contributed by atoms with Gasteiger partial charge < -0.3 is 10.0 Å². The summed E-state index contributed by atoms with van der Waals surface area (Å²) in [7, 11) is -3.30. The van der Waals surface area contributed by atoms with Gasteiger partial charge in [0.05, 0.1) is 24.0 Å². The Balaban J connectivity index is 2.27. The molecule has 0 bridgehead atoms. The van der Waals surface area contributed by atoms with Crippen molar-refractivity contribution in [3.63, 3.8) is 0 Å². The van der Waals surface area contributed by atoms with Gasteiger partial charge in [-0.2, -0.15) is 0 Å². The number of amides is 1. The van der Waals surface area contributed by atoms with Crippen LogP contribution in [-0.4, -0.2) is 54.4 Å². The Morgan fingerprint density at radius 3 is 2.71 bits per heavy atom. The molecule has 1 aromatic carbocycles. The van der Waals surface area contributed by atoms with Gasteiger partial charge in [-0.25, -0.2) is 8.42 Å². The van der Waals surface area contributed by atoms with Crippen molar-refractivity contribution < 1.29 is 23.1 Å². The van der Waals surface area contributed by atoms with Crippen molar-refractivity contribution in [1.29, 1.82) is 0 Å². The SMILES string of the molecule is O=C(O)CC1CS(=O)(=O)CCN1C(=O)c1cccc(Br)c1. The van der Waals surface area contributed by atoms with Crippen LogP contribution in [0.15, 0.2) is 28.7 Å². The van der Waals surface area contributed by atoms with Crippen LogP contribution in [0.1, 0.15) is 16.8 Å². The summed E-state index contributed by atoms with van der Waals surface area (Å²) in [5.41, 5.74) is 0.402. The number of carbonyl (C=O) groups is 2. The second-order valence-electron chi connectivity index (χ2n) is 4.87. The summed E-state index contributed by atoms with van der Waals surface area (Å²) < 4.78 is 24.1. The van der Waals surface area contributed by atoms with Gasteiger partial charge in [-0.3, -0.25) is 9.59 Å². The average molecular weight is 376 g/mol. The number of sulfone groups is 1. The highest BCUT2D eigenvalue weighted by atomic mass is 79.9. The molecule has 0 saturated carbocycles. The number of benzene rings is 1. The lowest BCUT2D eigenvalue weighted by Crippen LogP contribution is -2.52. The maximum Gasteiger partial charge on any atom is 0.305 e. The molecule has 1 unspecified atom stereocenters. The second-order valence-corrected chi connectivity index (χ2v) is 8.02. The highest BCUT2D eigenvalue weighted by molar-refractivity contribution is 9.10. The molecule has 0 aromatic heterocycles. The van der Waals surface area contributed by atoms with E-state index in [1.165, 1.54) is 4.90 Å². The van der Waals surface area contributed by atoms with Gasteiger partial charge in [0.2, 0.25) is 0 Å². The van der Waals surface area contributed by atoms with Crippen molar-refractivity contribution in [2.75, 3.05) is 18.1 Å². The number of hydrogen-bond acceptors (Lipinski definition) is 4. The standard InChI is InChI=1S/C13H14BrNO5S/c14-10-3-1-2-9(6-10)13(18)15-4-5-21(19,20)8-11(15)7-12(16)17/h1-3,6,11H,4-5,7-8H2,(H,16,17). The van der Waals surface area contributed by atoms with Gasteiger partial charge in [0.25, 0.3) is 5.91 Å². The van der Waals surface area contributed by atoms with Gasteiger partial charge in [-0.1, -0.05) is 22.0 Å². The first kappa shape index (κ1) is 16.0. The normalized spacial score (nSPS) is 21.0. The summed E-state index contributed by atoms with van der Waals surface area (Å²) >= 11 is 3.27. The number of carboxylic acid groups (broad SMARTS) is 1. The van der Waals surface area contributed by atoms with Crippen molar-refractivity contribution in [2.24, 2.45) is 0 Å². The third kappa shape index (κ3) is 4.04. The first-order valence-electron chi connectivity index (χ1n) is 6.27. The molecule has 1 aliphatic rings. The molecule has 1 N–H and O–H groups in total. The first-order chi connectivity index (χ1) is 9.78. The molecule has 8 heteroatoms. The van der Waals surface area contributed by atoms with Crippen molar-refractivity contribution in [2.45, 2.75) is 12.5 Å². The van der Waals surface area contributed by atoms with Crippen LogP contribution in [0.3, 0.4) is 0 Å². The number of hydrogen-bond donors (Lipinski definition) is 1. The average Bonchev–Trinajstić information content (AvgIpc) is 2.36. The highest BCUT2D eigenvalue weighted by Crippen LogP contribution is 2.20. The Kier molecular flexibility index (Phi) is 4.67. The van der Waals surface area contributed by atoms with Crippen molar-refractivity contribution in [3.8, 4) is 0 Å². The predicted octanol–water partition coefficient (Wildman–Crippen LogP) is 1.16. The van der Waals surface area contributed by atoms with Crippen LogP contribution in [0, 0.1) is 0 Å². The summed E-state index contributed by atoms with van der Waals surface area (Å²) in [5, 5.41) is 8.91. The molecule has 114 valence electrons. The molecule has 6 nitrogen and oxygen atoms in total. The molecule has 0 aliphatic carbocycles. The zero-order chi connectivity index (χ0) is 15.6. The van der Waals surface area contributed by atoms with Crippen LogP contribution in [0.2, 0.25) is 0 Å². The third-order valence-corrected chi connectivity index (χ3v) is 5.46. The number of rotatable bonds is 3. The van der Waals surface area contributed by atoms with Crippen molar-refractivity contribution >= 4 is 37.6 Å². The molecule has 1 atom stereocenters. The fourth-order valence-electron chi connectivity index (χ4n) is 2.31. The molecular weight excluding hydrogens is 362 g/mol. The lowest BCUT2D eigenvalue weighted by molar-refractivity contribution is -0.138. The van der Waals surface area contributed by atoms with Gasteiger partial charge in [0.1, 0.15) is 0 Å². The predicted molar refractivity (Wildman–Crippen MR) is 79.9 cm³/mol. The van der Waals surface area contributed by atoms with Gasteiger partial charge in [-0.15, -0.1) is 0 Å². The zero-order valence-corrected chi connectivity index (χ0v) is 13.4. The quantitative estimate of drug-likeness (QED) is 0.855. The van der Waals surface area contributed by atoms with Crippen LogP contribution in [0.25, 0.3) is 0 Å². The van der Waals surface area contributed by atoms with Gasteiger partial charge >= 0.3 is 5.97 Å². The summed E-state index contributed by atoms with van der Waals surface area (Å²) in [4.78, 5) is 24.7.